The molecule has 1 aliphatic rings. The summed E-state index contributed by atoms with van der Waals surface area (Å²) in [6.07, 6.45) is 1.32. The lowest BCUT2D eigenvalue weighted by atomic mass is 9.87. The Morgan fingerprint density at radius 3 is 2.50 bits per heavy atom. The molecule has 0 unspecified atom stereocenters. The first-order valence-corrected chi connectivity index (χ1v) is 7.69. The molecular formula is C15H19BN4O4. The van der Waals surface area contributed by atoms with Crippen LogP contribution in [0.5, 0.6) is 0 Å². The molecule has 8 nitrogen and oxygen atoms in total. The van der Waals surface area contributed by atoms with Gasteiger partial charge in [-0.05, 0) is 12.1 Å². The number of nitrogens with zero attached hydrogens (tertiary/aromatic N) is 4. The normalized spacial score (nSPS) is 15.3. The van der Waals surface area contributed by atoms with Crippen LogP contribution in [0.15, 0.2) is 41.3 Å². The number of hydrazine groups is 1. The van der Waals surface area contributed by atoms with Crippen molar-refractivity contribution < 1.29 is 14.8 Å². The SMILES string of the molecule is Cn1cc(B(O)O)nc(N(c2ccccc2)N2CCOCC2)c1=O. The van der Waals surface area contributed by atoms with Crippen LogP contribution in [-0.2, 0) is 11.8 Å². The van der Waals surface area contributed by atoms with Crippen LogP contribution >= 0.6 is 0 Å². The summed E-state index contributed by atoms with van der Waals surface area (Å²) in [5.41, 5.74) is 0.463. The number of aromatic nitrogens is 2. The molecule has 9 heteroatoms. The molecule has 2 aromatic rings. The first kappa shape index (κ1) is 16.7. The maximum absolute atomic E-state index is 12.6. The molecular weight excluding hydrogens is 311 g/mol. The summed E-state index contributed by atoms with van der Waals surface area (Å²) >= 11 is 0. The zero-order chi connectivity index (χ0) is 17.1. The number of aryl methyl sites for hydroxylation is 1. The first-order valence-electron chi connectivity index (χ1n) is 7.69. The van der Waals surface area contributed by atoms with Crippen molar-refractivity contribution in [2.75, 3.05) is 31.3 Å². The van der Waals surface area contributed by atoms with E-state index >= 15 is 0 Å². The van der Waals surface area contributed by atoms with Crippen molar-refractivity contribution in [3.8, 4) is 0 Å². The van der Waals surface area contributed by atoms with Gasteiger partial charge in [0.25, 0.3) is 5.56 Å². The Morgan fingerprint density at radius 2 is 1.88 bits per heavy atom. The monoisotopic (exact) mass is 330 g/mol. The molecule has 0 aliphatic carbocycles. The molecule has 2 N–H and O–H groups in total. The predicted octanol–water partition coefficient (Wildman–Crippen LogP) is -1.15. The summed E-state index contributed by atoms with van der Waals surface area (Å²) < 4.78 is 6.68. The average molecular weight is 330 g/mol. The van der Waals surface area contributed by atoms with E-state index in [4.69, 9.17) is 4.74 Å². The zero-order valence-electron chi connectivity index (χ0n) is 13.4. The van der Waals surface area contributed by atoms with Crippen LogP contribution in [0.25, 0.3) is 0 Å². The van der Waals surface area contributed by atoms with E-state index in [1.165, 1.54) is 10.8 Å². The molecule has 0 saturated carbocycles. The molecule has 3 rings (SSSR count). The van der Waals surface area contributed by atoms with E-state index in [9.17, 15) is 14.8 Å². The number of morpholine rings is 1. The van der Waals surface area contributed by atoms with Crippen molar-refractivity contribution in [3.05, 3.63) is 46.9 Å². The summed E-state index contributed by atoms with van der Waals surface area (Å²) in [7, 11) is -0.195. The fraction of sp³-hybridized carbons (Fsp3) is 0.333. The highest BCUT2D eigenvalue weighted by Crippen LogP contribution is 2.23. The molecule has 1 aromatic carbocycles. The fourth-order valence-electron chi connectivity index (χ4n) is 2.62. The fourth-order valence-corrected chi connectivity index (χ4v) is 2.62. The second-order valence-corrected chi connectivity index (χ2v) is 5.49. The molecule has 1 fully saturated rings. The van der Waals surface area contributed by atoms with Gasteiger partial charge in [-0.15, -0.1) is 0 Å². The number of benzene rings is 1. The Morgan fingerprint density at radius 1 is 1.21 bits per heavy atom. The second kappa shape index (κ2) is 7.14. The summed E-state index contributed by atoms with van der Waals surface area (Å²) in [5, 5.41) is 22.6. The van der Waals surface area contributed by atoms with Crippen molar-refractivity contribution in [1.82, 2.24) is 14.6 Å². The molecule has 0 radical (unpaired) electrons. The number of hydrogen-bond acceptors (Lipinski definition) is 7. The van der Waals surface area contributed by atoms with E-state index < -0.39 is 7.12 Å². The predicted molar refractivity (Wildman–Crippen MR) is 90.3 cm³/mol. The summed E-state index contributed by atoms with van der Waals surface area (Å²) in [6, 6.07) is 9.38. The molecule has 0 atom stereocenters. The van der Waals surface area contributed by atoms with Gasteiger partial charge < -0.3 is 19.4 Å². The van der Waals surface area contributed by atoms with Gasteiger partial charge in [0.15, 0.2) is 0 Å². The molecule has 1 aromatic heterocycles. The Labute approximate surface area is 139 Å². The zero-order valence-corrected chi connectivity index (χ0v) is 13.4. The standard InChI is InChI=1S/C15H19BN4O4/c1-18-11-13(16(22)23)17-14(15(18)21)20(12-5-3-2-4-6-12)19-7-9-24-10-8-19/h2-6,11,22-23H,7-10H2,1H3. The second-order valence-electron chi connectivity index (χ2n) is 5.49. The average Bonchev–Trinajstić information content (AvgIpc) is 2.60. The van der Waals surface area contributed by atoms with Gasteiger partial charge in [-0.2, -0.15) is 0 Å². The van der Waals surface area contributed by atoms with Gasteiger partial charge in [0.05, 0.1) is 24.5 Å². The van der Waals surface area contributed by atoms with Gasteiger partial charge in [-0.3, -0.25) is 9.80 Å². The third-order valence-corrected chi connectivity index (χ3v) is 3.81. The highest BCUT2D eigenvalue weighted by atomic mass is 16.5. The van der Waals surface area contributed by atoms with Crippen LogP contribution in [0, 0.1) is 0 Å². The van der Waals surface area contributed by atoms with Gasteiger partial charge in [0.1, 0.15) is 0 Å². The molecule has 0 spiro atoms. The number of hydrogen-bond donors (Lipinski definition) is 2. The topological polar surface area (TPSA) is 91.1 Å². The van der Waals surface area contributed by atoms with Crippen LogP contribution in [0.2, 0.25) is 0 Å². The minimum Gasteiger partial charge on any atom is -0.422 e. The minimum atomic E-state index is -1.75. The maximum atomic E-state index is 12.6. The molecule has 2 heterocycles. The van der Waals surface area contributed by atoms with Crippen molar-refractivity contribution in [2.45, 2.75) is 0 Å². The lowest BCUT2D eigenvalue weighted by Crippen LogP contribution is -2.50. The number of ether oxygens (including phenoxy) is 1. The highest BCUT2D eigenvalue weighted by Gasteiger charge is 2.26. The summed E-state index contributed by atoms with van der Waals surface area (Å²) in [4.78, 5) is 16.8. The molecule has 24 heavy (non-hydrogen) atoms. The summed E-state index contributed by atoms with van der Waals surface area (Å²) in [6.45, 7) is 2.30. The van der Waals surface area contributed by atoms with E-state index in [2.05, 4.69) is 4.98 Å². The van der Waals surface area contributed by atoms with Crippen molar-refractivity contribution in [2.24, 2.45) is 7.05 Å². The molecule has 1 saturated heterocycles. The third-order valence-electron chi connectivity index (χ3n) is 3.81. The quantitative estimate of drug-likeness (QED) is 0.684. The summed E-state index contributed by atoms with van der Waals surface area (Å²) in [5.74, 6) is 0.121. The number of rotatable bonds is 4. The van der Waals surface area contributed by atoms with Gasteiger partial charge in [0.2, 0.25) is 5.82 Å². The third kappa shape index (κ3) is 3.34. The number of anilines is 2. The lowest BCUT2D eigenvalue weighted by molar-refractivity contribution is 0.0374. The van der Waals surface area contributed by atoms with E-state index in [1.54, 1.807) is 12.1 Å². The van der Waals surface area contributed by atoms with E-state index in [1.807, 2.05) is 35.3 Å². The molecule has 0 bridgehead atoms. The van der Waals surface area contributed by atoms with Crippen LogP contribution in [0.1, 0.15) is 0 Å². The van der Waals surface area contributed by atoms with Crippen LogP contribution < -0.4 is 16.2 Å². The van der Waals surface area contributed by atoms with E-state index in [-0.39, 0.29) is 17.0 Å². The van der Waals surface area contributed by atoms with Crippen LogP contribution in [0.3, 0.4) is 0 Å². The van der Waals surface area contributed by atoms with Crippen molar-refractivity contribution >= 4 is 24.2 Å². The lowest BCUT2D eigenvalue weighted by Gasteiger charge is -2.37. The Bertz CT molecular complexity index is 747. The van der Waals surface area contributed by atoms with Crippen LogP contribution in [-0.4, -0.2) is 58.0 Å². The van der Waals surface area contributed by atoms with Gasteiger partial charge in [-0.25, -0.2) is 9.99 Å². The van der Waals surface area contributed by atoms with Crippen molar-refractivity contribution in [1.29, 1.82) is 0 Å². The Kier molecular flexibility index (Phi) is 4.96. The maximum Gasteiger partial charge on any atom is 0.509 e. The minimum absolute atomic E-state index is 0.0151. The smallest absolute Gasteiger partial charge is 0.422 e. The van der Waals surface area contributed by atoms with Gasteiger partial charge in [-0.1, -0.05) is 18.2 Å². The van der Waals surface area contributed by atoms with E-state index in [0.717, 1.165) is 5.69 Å². The van der Waals surface area contributed by atoms with Crippen LogP contribution in [0.4, 0.5) is 11.5 Å². The first-order chi connectivity index (χ1) is 11.6. The van der Waals surface area contributed by atoms with Gasteiger partial charge >= 0.3 is 7.12 Å². The van der Waals surface area contributed by atoms with E-state index in [0.29, 0.717) is 26.3 Å². The highest BCUT2D eigenvalue weighted by molar-refractivity contribution is 6.57. The molecule has 126 valence electrons. The number of para-hydroxylation sites is 1. The molecule has 1 aliphatic heterocycles. The van der Waals surface area contributed by atoms with Crippen molar-refractivity contribution in [3.63, 3.8) is 0 Å². The van der Waals surface area contributed by atoms with Gasteiger partial charge in [0, 0.05) is 26.3 Å². The largest absolute Gasteiger partial charge is 0.509 e. The molecule has 0 amide bonds. The Hall–Kier alpha value is -2.20. The Balaban J connectivity index is 2.13.